The molecule has 0 unspecified atom stereocenters. The summed E-state index contributed by atoms with van der Waals surface area (Å²) in [5, 5.41) is 8.91. The van der Waals surface area contributed by atoms with E-state index in [9.17, 15) is 4.79 Å². The molecule has 1 rings (SSSR count). The van der Waals surface area contributed by atoms with Crippen molar-refractivity contribution in [2.24, 2.45) is 0 Å². The van der Waals surface area contributed by atoms with Crippen molar-refractivity contribution < 1.29 is 14.6 Å². The van der Waals surface area contributed by atoms with Gasteiger partial charge in [0, 0.05) is 12.1 Å². The van der Waals surface area contributed by atoms with E-state index < -0.39 is 5.97 Å². The second kappa shape index (κ2) is 5.51. The van der Waals surface area contributed by atoms with Gasteiger partial charge in [-0.05, 0) is 31.8 Å². The quantitative estimate of drug-likeness (QED) is 0.827. The maximum Gasteiger partial charge on any atom is 0.335 e. The lowest BCUT2D eigenvalue weighted by Gasteiger charge is -2.16. The summed E-state index contributed by atoms with van der Waals surface area (Å²) in [6.07, 6.45) is 0. The fourth-order valence-electron chi connectivity index (χ4n) is 1.44. The lowest BCUT2D eigenvalue weighted by molar-refractivity contribution is 0.0696. The predicted molar refractivity (Wildman–Crippen MR) is 62.0 cm³/mol. The maximum atomic E-state index is 10.9. The van der Waals surface area contributed by atoms with Gasteiger partial charge in [-0.25, -0.2) is 4.79 Å². The Morgan fingerprint density at radius 1 is 1.50 bits per heavy atom. The Hall–Kier alpha value is -1.55. The van der Waals surface area contributed by atoms with Crippen molar-refractivity contribution in [2.75, 3.05) is 20.7 Å². The van der Waals surface area contributed by atoms with Crippen molar-refractivity contribution in [3.05, 3.63) is 29.3 Å². The van der Waals surface area contributed by atoms with Crippen LogP contribution >= 0.6 is 0 Å². The van der Waals surface area contributed by atoms with Crippen LogP contribution in [0.25, 0.3) is 0 Å². The van der Waals surface area contributed by atoms with Gasteiger partial charge in [0.05, 0.1) is 12.7 Å². The molecule has 1 aromatic rings. The van der Waals surface area contributed by atoms with Gasteiger partial charge in [0.2, 0.25) is 0 Å². The summed E-state index contributed by atoms with van der Waals surface area (Å²) >= 11 is 0. The van der Waals surface area contributed by atoms with Gasteiger partial charge in [-0.1, -0.05) is 6.92 Å². The smallest absolute Gasteiger partial charge is 0.335 e. The number of methoxy groups -OCH3 is 1. The van der Waals surface area contributed by atoms with Crippen LogP contribution in [0.5, 0.6) is 5.75 Å². The molecule has 1 aromatic carbocycles. The van der Waals surface area contributed by atoms with E-state index in [1.165, 1.54) is 0 Å². The largest absolute Gasteiger partial charge is 0.496 e. The van der Waals surface area contributed by atoms with Crippen molar-refractivity contribution in [3.63, 3.8) is 0 Å². The summed E-state index contributed by atoms with van der Waals surface area (Å²) < 4.78 is 5.21. The molecule has 4 heteroatoms. The zero-order valence-electron chi connectivity index (χ0n) is 9.86. The molecule has 16 heavy (non-hydrogen) atoms. The SMILES string of the molecule is CCN(C)Cc1cc(C(=O)O)ccc1OC. The monoisotopic (exact) mass is 223 g/mol. The normalized spacial score (nSPS) is 10.5. The van der Waals surface area contributed by atoms with E-state index in [1.807, 2.05) is 14.0 Å². The molecule has 0 aliphatic heterocycles. The first-order valence-electron chi connectivity index (χ1n) is 5.17. The van der Waals surface area contributed by atoms with Gasteiger partial charge in [0.25, 0.3) is 0 Å². The number of nitrogens with zero attached hydrogens (tertiary/aromatic N) is 1. The molecular weight excluding hydrogens is 206 g/mol. The molecule has 0 saturated carbocycles. The topological polar surface area (TPSA) is 49.8 Å². The Morgan fingerprint density at radius 3 is 2.69 bits per heavy atom. The molecule has 1 N–H and O–H groups in total. The minimum absolute atomic E-state index is 0.292. The van der Waals surface area contributed by atoms with Gasteiger partial charge in [-0.15, -0.1) is 0 Å². The highest BCUT2D eigenvalue weighted by atomic mass is 16.5. The molecular formula is C12H17NO3. The van der Waals surface area contributed by atoms with Crippen molar-refractivity contribution in [2.45, 2.75) is 13.5 Å². The first-order chi connectivity index (χ1) is 7.58. The van der Waals surface area contributed by atoms with Crippen molar-refractivity contribution in [1.29, 1.82) is 0 Å². The minimum Gasteiger partial charge on any atom is -0.496 e. The fourth-order valence-corrected chi connectivity index (χ4v) is 1.44. The molecule has 0 radical (unpaired) electrons. The van der Waals surface area contributed by atoms with E-state index >= 15 is 0 Å². The van der Waals surface area contributed by atoms with Gasteiger partial charge in [-0.3, -0.25) is 0 Å². The molecule has 0 spiro atoms. The van der Waals surface area contributed by atoms with Crippen LogP contribution in [0.3, 0.4) is 0 Å². The zero-order valence-corrected chi connectivity index (χ0v) is 9.86. The molecule has 0 aliphatic rings. The number of hydrogen-bond acceptors (Lipinski definition) is 3. The average Bonchev–Trinajstić information content (AvgIpc) is 2.28. The predicted octanol–water partition coefficient (Wildman–Crippen LogP) is 1.85. The first kappa shape index (κ1) is 12.5. The Bertz CT molecular complexity index is 377. The summed E-state index contributed by atoms with van der Waals surface area (Å²) in [5.41, 5.74) is 1.19. The molecule has 0 aromatic heterocycles. The van der Waals surface area contributed by atoms with Gasteiger partial charge < -0.3 is 14.7 Å². The summed E-state index contributed by atoms with van der Waals surface area (Å²) in [7, 11) is 3.57. The number of benzene rings is 1. The molecule has 0 heterocycles. The summed E-state index contributed by atoms with van der Waals surface area (Å²) in [6, 6.07) is 4.91. The molecule has 0 fully saturated rings. The van der Waals surface area contributed by atoms with Crippen LogP contribution < -0.4 is 4.74 Å². The standard InChI is InChI=1S/C12H17NO3/c1-4-13(2)8-10-7-9(12(14)15)5-6-11(10)16-3/h5-7H,4,8H2,1-3H3,(H,14,15). The number of rotatable bonds is 5. The average molecular weight is 223 g/mol. The third-order valence-corrected chi connectivity index (χ3v) is 2.51. The Kier molecular flexibility index (Phi) is 4.31. The van der Waals surface area contributed by atoms with Crippen molar-refractivity contribution >= 4 is 5.97 Å². The third-order valence-electron chi connectivity index (χ3n) is 2.51. The molecule has 0 atom stereocenters. The van der Waals surface area contributed by atoms with Crippen LogP contribution in [0.1, 0.15) is 22.8 Å². The van der Waals surface area contributed by atoms with Crippen molar-refractivity contribution in [1.82, 2.24) is 4.90 Å². The van der Waals surface area contributed by atoms with E-state index in [4.69, 9.17) is 9.84 Å². The number of ether oxygens (including phenoxy) is 1. The van der Waals surface area contributed by atoms with Crippen LogP contribution in [-0.2, 0) is 6.54 Å². The molecule has 0 aliphatic carbocycles. The molecule has 0 amide bonds. The summed E-state index contributed by atoms with van der Waals surface area (Å²) in [6.45, 7) is 3.63. The fraction of sp³-hybridized carbons (Fsp3) is 0.417. The summed E-state index contributed by atoms with van der Waals surface area (Å²) in [4.78, 5) is 12.9. The number of aromatic carboxylic acids is 1. The summed E-state index contributed by atoms with van der Waals surface area (Å²) in [5.74, 6) is -0.187. The zero-order chi connectivity index (χ0) is 12.1. The number of carbonyl (C=O) groups is 1. The van der Waals surface area contributed by atoms with Gasteiger partial charge in [0.1, 0.15) is 5.75 Å². The van der Waals surface area contributed by atoms with E-state index in [2.05, 4.69) is 4.90 Å². The molecule has 88 valence electrons. The molecule has 0 bridgehead atoms. The molecule has 0 saturated heterocycles. The van der Waals surface area contributed by atoms with Crippen LogP contribution in [0.4, 0.5) is 0 Å². The second-order valence-electron chi connectivity index (χ2n) is 3.66. The van der Waals surface area contributed by atoms with E-state index in [-0.39, 0.29) is 0 Å². The first-order valence-corrected chi connectivity index (χ1v) is 5.17. The van der Waals surface area contributed by atoms with E-state index in [1.54, 1.807) is 25.3 Å². The third kappa shape index (κ3) is 2.97. The molecule has 4 nitrogen and oxygen atoms in total. The Labute approximate surface area is 95.5 Å². The van der Waals surface area contributed by atoms with Gasteiger partial charge in [-0.2, -0.15) is 0 Å². The lowest BCUT2D eigenvalue weighted by Crippen LogP contribution is -2.17. The highest BCUT2D eigenvalue weighted by Crippen LogP contribution is 2.21. The maximum absolute atomic E-state index is 10.9. The highest BCUT2D eigenvalue weighted by Gasteiger charge is 2.10. The number of hydrogen-bond donors (Lipinski definition) is 1. The van der Waals surface area contributed by atoms with Gasteiger partial charge in [0.15, 0.2) is 0 Å². The van der Waals surface area contributed by atoms with Crippen LogP contribution in [0.2, 0.25) is 0 Å². The van der Waals surface area contributed by atoms with Crippen LogP contribution in [0.15, 0.2) is 18.2 Å². The highest BCUT2D eigenvalue weighted by molar-refractivity contribution is 5.88. The number of carboxylic acid groups (broad SMARTS) is 1. The van der Waals surface area contributed by atoms with Crippen molar-refractivity contribution in [3.8, 4) is 5.75 Å². The van der Waals surface area contributed by atoms with Gasteiger partial charge >= 0.3 is 5.97 Å². The lowest BCUT2D eigenvalue weighted by atomic mass is 10.1. The van der Waals surface area contributed by atoms with E-state index in [0.717, 1.165) is 17.9 Å². The Balaban J connectivity index is 3.02. The van der Waals surface area contributed by atoms with Crippen LogP contribution in [-0.4, -0.2) is 36.7 Å². The van der Waals surface area contributed by atoms with E-state index in [0.29, 0.717) is 12.1 Å². The van der Waals surface area contributed by atoms with Crippen LogP contribution in [0, 0.1) is 0 Å². The Morgan fingerprint density at radius 2 is 2.19 bits per heavy atom. The number of carboxylic acids is 1. The second-order valence-corrected chi connectivity index (χ2v) is 3.66. The minimum atomic E-state index is -0.914.